The minimum absolute atomic E-state index is 0.105. The Labute approximate surface area is 137 Å². The van der Waals surface area contributed by atoms with E-state index in [0.717, 1.165) is 4.31 Å². The topological polar surface area (TPSA) is 83.6 Å². The molecule has 0 heterocycles. The molecule has 0 atom stereocenters. The second-order valence-electron chi connectivity index (χ2n) is 6.31. The molecule has 0 saturated carbocycles. The highest BCUT2D eigenvalue weighted by Gasteiger charge is 2.25. The summed E-state index contributed by atoms with van der Waals surface area (Å²) in [5.74, 6) is -0.610. The molecule has 1 aromatic carbocycles. The van der Waals surface area contributed by atoms with Crippen LogP contribution in [0.25, 0.3) is 0 Å². The number of hydrogen-bond acceptors (Lipinski definition) is 4. The van der Waals surface area contributed by atoms with Crippen molar-refractivity contribution in [2.75, 3.05) is 16.6 Å². The van der Waals surface area contributed by atoms with E-state index in [4.69, 9.17) is 0 Å². The molecular weight excluding hydrogens is 316 g/mol. The van der Waals surface area contributed by atoms with Crippen molar-refractivity contribution in [3.63, 3.8) is 0 Å². The van der Waals surface area contributed by atoms with Crippen LogP contribution in [0.2, 0.25) is 0 Å². The molecule has 0 fully saturated rings. The minimum Gasteiger partial charge on any atom is -0.350 e. The van der Waals surface area contributed by atoms with Crippen LogP contribution in [0.3, 0.4) is 0 Å². The Kier molecular flexibility index (Phi) is 5.93. The van der Waals surface area contributed by atoms with E-state index in [1.807, 2.05) is 20.8 Å². The highest BCUT2D eigenvalue weighted by atomic mass is 32.2. The van der Waals surface area contributed by atoms with Crippen LogP contribution >= 0.6 is 0 Å². The molecule has 0 aliphatic heterocycles. The van der Waals surface area contributed by atoms with E-state index in [2.05, 4.69) is 5.32 Å². The fourth-order valence-electron chi connectivity index (χ4n) is 1.96. The normalized spacial score (nSPS) is 11.9. The van der Waals surface area contributed by atoms with Crippen molar-refractivity contribution in [1.82, 2.24) is 5.32 Å². The number of ketones is 1. The van der Waals surface area contributed by atoms with Crippen molar-refractivity contribution in [2.45, 2.75) is 40.2 Å². The summed E-state index contributed by atoms with van der Waals surface area (Å²) in [6.07, 6.45) is 0. The van der Waals surface area contributed by atoms with Crippen molar-refractivity contribution < 1.29 is 18.0 Å². The molecule has 0 radical (unpaired) electrons. The summed E-state index contributed by atoms with van der Waals surface area (Å²) >= 11 is 0. The van der Waals surface area contributed by atoms with E-state index < -0.39 is 15.6 Å². The zero-order valence-corrected chi connectivity index (χ0v) is 15.0. The fraction of sp³-hybridized carbons (Fsp3) is 0.500. The molecule has 0 aliphatic rings. The molecule has 0 saturated heterocycles. The molecule has 7 heteroatoms. The molecule has 0 spiro atoms. The molecule has 0 aliphatic carbocycles. The Morgan fingerprint density at radius 2 is 1.65 bits per heavy atom. The highest BCUT2D eigenvalue weighted by molar-refractivity contribution is 7.92. The summed E-state index contributed by atoms with van der Waals surface area (Å²) < 4.78 is 25.7. The number of rotatable bonds is 6. The Morgan fingerprint density at radius 1 is 1.13 bits per heavy atom. The average molecular weight is 340 g/mol. The van der Waals surface area contributed by atoms with E-state index in [1.165, 1.54) is 26.0 Å². The zero-order chi connectivity index (χ0) is 17.8. The van der Waals surface area contributed by atoms with Gasteiger partial charge in [-0.3, -0.25) is 13.9 Å². The van der Waals surface area contributed by atoms with Crippen molar-refractivity contribution in [3.8, 4) is 0 Å². The van der Waals surface area contributed by atoms with E-state index in [0.29, 0.717) is 11.3 Å². The SMILES string of the molecule is CCS(=O)(=O)N(CC(=O)NC(C)(C)C)c1ccc(C(C)=O)cc1. The zero-order valence-electron chi connectivity index (χ0n) is 14.2. The first-order chi connectivity index (χ1) is 10.5. The Bertz CT molecular complexity index is 673. The number of anilines is 1. The molecule has 23 heavy (non-hydrogen) atoms. The van der Waals surface area contributed by atoms with Crippen LogP contribution in [0.1, 0.15) is 45.0 Å². The maximum Gasteiger partial charge on any atom is 0.241 e. The van der Waals surface area contributed by atoms with Gasteiger partial charge in [0.2, 0.25) is 15.9 Å². The van der Waals surface area contributed by atoms with Crippen LogP contribution in [0.15, 0.2) is 24.3 Å². The smallest absolute Gasteiger partial charge is 0.241 e. The van der Waals surface area contributed by atoms with Gasteiger partial charge in [0.05, 0.1) is 11.4 Å². The van der Waals surface area contributed by atoms with Gasteiger partial charge in [-0.25, -0.2) is 8.42 Å². The highest BCUT2D eigenvalue weighted by Crippen LogP contribution is 2.19. The average Bonchev–Trinajstić information content (AvgIpc) is 2.43. The summed E-state index contributed by atoms with van der Waals surface area (Å²) in [5.41, 5.74) is 0.402. The summed E-state index contributed by atoms with van der Waals surface area (Å²) in [7, 11) is -3.61. The van der Waals surface area contributed by atoms with Crippen LogP contribution in [0.4, 0.5) is 5.69 Å². The Balaban J connectivity index is 3.12. The summed E-state index contributed by atoms with van der Waals surface area (Å²) in [6, 6.07) is 6.18. The van der Waals surface area contributed by atoms with Crippen LogP contribution in [-0.4, -0.2) is 37.9 Å². The van der Waals surface area contributed by atoms with E-state index >= 15 is 0 Å². The van der Waals surface area contributed by atoms with Crippen LogP contribution in [0.5, 0.6) is 0 Å². The van der Waals surface area contributed by atoms with Crippen LogP contribution in [0, 0.1) is 0 Å². The fourth-order valence-corrected chi connectivity index (χ4v) is 3.03. The third kappa shape index (κ3) is 5.67. The van der Waals surface area contributed by atoms with Gasteiger partial charge in [0.1, 0.15) is 6.54 Å². The summed E-state index contributed by atoms with van der Waals surface area (Å²) in [5, 5.41) is 2.75. The van der Waals surface area contributed by atoms with Gasteiger partial charge < -0.3 is 5.32 Å². The quantitative estimate of drug-likeness (QED) is 0.803. The van der Waals surface area contributed by atoms with Gasteiger partial charge in [-0.2, -0.15) is 0 Å². The maximum atomic E-state index is 12.3. The molecule has 0 bridgehead atoms. The lowest BCUT2D eigenvalue weighted by molar-refractivity contribution is -0.121. The summed E-state index contributed by atoms with van der Waals surface area (Å²) in [6.45, 7) is 8.13. The van der Waals surface area contributed by atoms with Gasteiger partial charge in [-0.05, 0) is 58.9 Å². The second kappa shape index (κ2) is 7.12. The molecule has 1 amide bonds. The van der Waals surface area contributed by atoms with Crippen molar-refractivity contribution >= 4 is 27.4 Å². The van der Waals surface area contributed by atoms with Gasteiger partial charge in [-0.15, -0.1) is 0 Å². The number of nitrogens with one attached hydrogen (secondary N) is 1. The number of benzene rings is 1. The predicted octanol–water partition coefficient (Wildman–Crippen LogP) is 1.96. The van der Waals surface area contributed by atoms with Crippen LogP contribution in [-0.2, 0) is 14.8 Å². The van der Waals surface area contributed by atoms with E-state index in [9.17, 15) is 18.0 Å². The lowest BCUT2D eigenvalue weighted by atomic mass is 10.1. The first-order valence-electron chi connectivity index (χ1n) is 7.38. The largest absolute Gasteiger partial charge is 0.350 e. The Morgan fingerprint density at radius 3 is 2.04 bits per heavy atom. The monoisotopic (exact) mass is 340 g/mol. The molecule has 0 aromatic heterocycles. The number of carbonyl (C=O) groups is 2. The molecule has 0 unspecified atom stereocenters. The van der Waals surface area contributed by atoms with E-state index in [-0.39, 0.29) is 24.0 Å². The van der Waals surface area contributed by atoms with Crippen molar-refractivity contribution in [3.05, 3.63) is 29.8 Å². The molecule has 128 valence electrons. The molecular formula is C16H24N2O4S. The first-order valence-corrected chi connectivity index (χ1v) is 8.99. The maximum absolute atomic E-state index is 12.3. The Hall–Kier alpha value is -1.89. The minimum atomic E-state index is -3.61. The number of carbonyl (C=O) groups excluding carboxylic acids is 2. The van der Waals surface area contributed by atoms with Gasteiger partial charge in [0.15, 0.2) is 5.78 Å². The predicted molar refractivity (Wildman–Crippen MR) is 91.1 cm³/mol. The number of Topliss-reactive ketones (excluding diaryl/α,β-unsaturated/α-hetero) is 1. The number of amides is 1. The van der Waals surface area contributed by atoms with Gasteiger partial charge >= 0.3 is 0 Å². The molecule has 6 nitrogen and oxygen atoms in total. The number of nitrogens with zero attached hydrogens (tertiary/aromatic N) is 1. The lowest BCUT2D eigenvalue weighted by Gasteiger charge is -2.26. The van der Waals surface area contributed by atoms with Gasteiger partial charge in [-0.1, -0.05) is 0 Å². The molecule has 1 rings (SSSR count). The second-order valence-corrected chi connectivity index (χ2v) is 8.49. The third-order valence-corrected chi connectivity index (χ3v) is 4.81. The third-order valence-electron chi connectivity index (χ3n) is 3.06. The van der Waals surface area contributed by atoms with Crippen molar-refractivity contribution in [2.24, 2.45) is 0 Å². The van der Waals surface area contributed by atoms with Gasteiger partial charge in [0.25, 0.3) is 0 Å². The lowest BCUT2D eigenvalue weighted by Crippen LogP contribution is -2.47. The first kappa shape index (κ1) is 19.2. The number of sulfonamides is 1. The molecule has 1 N–H and O–H groups in total. The van der Waals surface area contributed by atoms with Crippen molar-refractivity contribution in [1.29, 1.82) is 0 Å². The molecule has 1 aromatic rings. The van der Waals surface area contributed by atoms with Crippen LogP contribution < -0.4 is 9.62 Å². The van der Waals surface area contributed by atoms with E-state index in [1.54, 1.807) is 12.1 Å². The number of hydrogen-bond donors (Lipinski definition) is 1. The van der Waals surface area contributed by atoms with Gasteiger partial charge in [0, 0.05) is 11.1 Å². The standard InChI is InChI=1S/C16H24N2O4S/c1-6-23(21,22)18(11-15(20)17-16(3,4)5)14-9-7-13(8-10-14)12(2)19/h7-10H,6,11H2,1-5H3,(H,17,20). The summed E-state index contributed by atoms with van der Waals surface area (Å²) in [4.78, 5) is 23.4.